The van der Waals surface area contributed by atoms with Crippen molar-refractivity contribution in [3.8, 4) is 5.75 Å². The van der Waals surface area contributed by atoms with E-state index in [1.807, 2.05) is 0 Å². The van der Waals surface area contributed by atoms with Gasteiger partial charge in [0.05, 0.1) is 8.95 Å². The number of aldehydes is 1. The predicted octanol–water partition coefficient (Wildman–Crippen LogP) is 2.56. The average Bonchev–Trinajstić information content (AvgIpc) is 2.42. The number of ether oxygens (including phenoxy) is 2. The van der Waals surface area contributed by atoms with E-state index in [4.69, 9.17) is 9.47 Å². The second-order valence-electron chi connectivity index (χ2n) is 3.92. The van der Waals surface area contributed by atoms with Crippen LogP contribution in [0.2, 0.25) is 0 Å². The van der Waals surface area contributed by atoms with Crippen LogP contribution in [0.3, 0.4) is 0 Å². The van der Waals surface area contributed by atoms with E-state index in [-0.39, 0.29) is 12.5 Å². The van der Waals surface area contributed by atoms with Gasteiger partial charge in [0, 0.05) is 25.8 Å². The smallest absolute Gasteiger partial charge is 0.257 e. The Morgan fingerprint density at radius 1 is 1.35 bits per heavy atom. The molecule has 1 aromatic rings. The maximum absolute atomic E-state index is 11.6. The Hall–Kier alpha value is -0.920. The zero-order valence-corrected chi connectivity index (χ0v) is 14.1. The van der Waals surface area contributed by atoms with Crippen LogP contribution >= 0.6 is 31.9 Å². The zero-order valence-electron chi connectivity index (χ0n) is 10.9. The van der Waals surface area contributed by atoms with Gasteiger partial charge in [-0.2, -0.15) is 0 Å². The Morgan fingerprint density at radius 3 is 2.55 bits per heavy atom. The van der Waals surface area contributed by atoms with Gasteiger partial charge in [-0.1, -0.05) is 0 Å². The normalized spacial score (nSPS) is 10.2. The molecule has 0 saturated heterocycles. The van der Waals surface area contributed by atoms with Crippen LogP contribution < -0.4 is 10.1 Å². The molecule has 1 N–H and O–H groups in total. The molecule has 0 bridgehead atoms. The molecule has 0 aromatic heterocycles. The van der Waals surface area contributed by atoms with Crippen molar-refractivity contribution in [1.29, 1.82) is 0 Å². The summed E-state index contributed by atoms with van der Waals surface area (Å²) in [4.78, 5) is 22.3. The molecule has 0 saturated carbocycles. The monoisotopic (exact) mass is 407 g/mol. The van der Waals surface area contributed by atoms with Crippen LogP contribution in [-0.2, 0) is 9.53 Å². The summed E-state index contributed by atoms with van der Waals surface area (Å²) < 4.78 is 11.5. The summed E-state index contributed by atoms with van der Waals surface area (Å²) in [6, 6.07) is 3.26. The number of amides is 1. The molecule has 0 aliphatic heterocycles. The van der Waals surface area contributed by atoms with Crippen molar-refractivity contribution in [3.05, 3.63) is 26.6 Å². The van der Waals surface area contributed by atoms with Crippen molar-refractivity contribution < 1.29 is 19.1 Å². The molecule has 0 radical (unpaired) electrons. The highest BCUT2D eigenvalue weighted by Gasteiger charge is 2.10. The third kappa shape index (κ3) is 5.60. The van der Waals surface area contributed by atoms with Crippen molar-refractivity contribution in [3.63, 3.8) is 0 Å². The summed E-state index contributed by atoms with van der Waals surface area (Å²) >= 11 is 6.60. The minimum absolute atomic E-state index is 0.0926. The van der Waals surface area contributed by atoms with Crippen LogP contribution in [0, 0.1) is 0 Å². The second kappa shape index (κ2) is 9.10. The van der Waals surface area contributed by atoms with Crippen LogP contribution in [0.25, 0.3) is 0 Å². The van der Waals surface area contributed by atoms with Crippen LogP contribution in [0.15, 0.2) is 21.1 Å². The number of carbonyl (C=O) groups excluding carboxylic acids is 2. The Kier molecular flexibility index (Phi) is 7.79. The number of halogens is 2. The molecular formula is C13H15Br2NO4. The molecule has 1 amide bonds. The minimum atomic E-state index is -0.209. The largest absolute Gasteiger partial charge is 0.481 e. The summed E-state index contributed by atoms with van der Waals surface area (Å²) in [5, 5.41) is 2.72. The first-order valence-electron chi connectivity index (χ1n) is 5.91. The lowest BCUT2D eigenvalue weighted by Crippen LogP contribution is -2.30. The first-order valence-corrected chi connectivity index (χ1v) is 7.49. The molecule has 1 aromatic carbocycles. The number of rotatable bonds is 8. The van der Waals surface area contributed by atoms with E-state index in [1.165, 1.54) is 0 Å². The molecule has 1 rings (SSSR count). The first kappa shape index (κ1) is 17.1. The van der Waals surface area contributed by atoms with Crippen LogP contribution in [0.1, 0.15) is 16.8 Å². The Bertz CT molecular complexity index is 456. The number of nitrogens with one attached hydrogen (secondary N) is 1. The van der Waals surface area contributed by atoms with Gasteiger partial charge in [-0.05, 0) is 50.4 Å². The van der Waals surface area contributed by atoms with Gasteiger partial charge in [0.1, 0.15) is 12.0 Å². The van der Waals surface area contributed by atoms with Gasteiger partial charge in [0.2, 0.25) is 0 Å². The number of hydrogen-bond donors (Lipinski definition) is 1. The molecule has 0 spiro atoms. The van der Waals surface area contributed by atoms with E-state index in [1.54, 1.807) is 19.2 Å². The zero-order chi connectivity index (χ0) is 15.0. The van der Waals surface area contributed by atoms with Crippen molar-refractivity contribution in [1.82, 2.24) is 5.32 Å². The first-order chi connectivity index (χ1) is 9.58. The number of methoxy groups -OCH3 is 1. The van der Waals surface area contributed by atoms with Gasteiger partial charge in [0.25, 0.3) is 5.91 Å². The summed E-state index contributed by atoms with van der Waals surface area (Å²) in [5.41, 5.74) is 0.514. The highest BCUT2D eigenvalue weighted by Crippen LogP contribution is 2.34. The van der Waals surface area contributed by atoms with Crippen molar-refractivity contribution >= 4 is 44.1 Å². The molecule has 5 nitrogen and oxygen atoms in total. The number of carbonyl (C=O) groups is 2. The minimum Gasteiger partial charge on any atom is -0.481 e. The average molecular weight is 409 g/mol. The summed E-state index contributed by atoms with van der Waals surface area (Å²) in [5.74, 6) is 0.280. The molecule has 20 heavy (non-hydrogen) atoms. The van der Waals surface area contributed by atoms with Crippen LogP contribution in [-0.4, -0.2) is 39.1 Å². The van der Waals surface area contributed by atoms with Crippen molar-refractivity contribution in [2.75, 3.05) is 26.9 Å². The van der Waals surface area contributed by atoms with E-state index >= 15 is 0 Å². The topological polar surface area (TPSA) is 64.6 Å². The number of hydrogen-bond acceptors (Lipinski definition) is 4. The summed E-state index contributed by atoms with van der Waals surface area (Å²) in [6.45, 7) is 1.05. The van der Waals surface area contributed by atoms with E-state index in [0.29, 0.717) is 33.4 Å². The van der Waals surface area contributed by atoms with Crippen LogP contribution in [0.5, 0.6) is 5.75 Å². The molecule has 0 unspecified atom stereocenters. The second-order valence-corrected chi connectivity index (χ2v) is 5.63. The maximum Gasteiger partial charge on any atom is 0.257 e. The van der Waals surface area contributed by atoms with Gasteiger partial charge in [0.15, 0.2) is 6.61 Å². The fraction of sp³-hybridized carbons (Fsp3) is 0.385. The fourth-order valence-corrected chi connectivity index (χ4v) is 2.87. The lowest BCUT2D eigenvalue weighted by Gasteiger charge is -2.11. The van der Waals surface area contributed by atoms with E-state index in [9.17, 15) is 9.59 Å². The summed E-state index contributed by atoms with van der Waals surface area (Å²) in [6.07, 6.45) is 1.49. The molecule has 7 heteroatoms. The van der Waals surface area contributed by atoms with Crippen molar-refractivity contribution in [2.24, 2.45) is 0 Å². The molecule has 0 aliphatic rings. The lowest BCUT2D eigenvalue weighted by atomic mass is 10.2. The Morgan fingerprint density at radius 2 is 2.00 bits per heavy atom. The predicted molar refractivity (Wildman–Crippen MR) is 82.2 cm³/mol. The lowest BCUT2D eigenvalue weighted by molar-refractivity contribution is -0.123. The molecule has 0 fully saturated rings. The fourth-order valence-electron chi connectivity index (χ4n) is 1.42. The number of benzene rings is 1. The third-order valence-electron chi connectivity index (χ3n) is 2.35. The van der Waals surface area contributed by atoms with E-state index in [0.717, 1.165) is 12.7 Å². The van der Waals surface area contributed by atoms with Crippen LogP contribution in [0.4, 0.5) is 0 Å². The molecule has 0 heterocycles. The van der Waals surface area contributed by atoms with Gasteiger partial charge in [-0.3, -0.25) is 9.59 Å². The van der Waals surface area contributed by atoms with Gasteiger partial charge in [-0.25, -0.2) is 0 Å². The molecular weight excluding hydrogens is 394 g/mol. The maximum atomic E-state index is 11.6. The van der Waals surface area contributed by atoms with Crippen molar-refractivity contribution in [2.45, 2.75) is 6.42 Å². The quantitative estimate of drug-likeness (QED) is 0.530. The SMILES string of the molecule is COCCCNC(=O)COc1c(Br)cc(C=O)cc1Br. The highest BCUT2D eigenvalue weighted by molar-refractivity contribution is 9.11. The summed E-state index contributed by atoms with van der Waals surface area (Å²) in [7, 11) is 1.61. The van der Waals surface area contributed by atoms with Gasteiger partial charge < -0.3 is 14.8 Å². The van der Waals surface area contributed by atoms with Gasteiger partial charge in [-0.15, -0.1) is 0 Å². The van der Waals surface area contributed by atoms with Gasteiger partial charge >= 0.3 is 0 Å². The molecule has 110 valence electrons. The molecule has 0 atom stereocenters. The van der Waals surface area contributed by atoms with E-state index in [2.05, 4.69) is 37.2 Å². The molecule has 0 aliphatic carbocycles. The third-order valence-corrected chi connectivity index (χ3v) is 3.53. The Balaban J connectivity index is 2.49. The van der Waals surface area contributed by atoms with E-state index < -0.39 is 0 Å². The highest BCUT2D eigenvalue weighted by atomic mass is 79.9. The standard InChI is InChI=1S/C13H15Br2NO4/c1-19-4-2-3-16-12(18)8-20-13-10(14)5-9(7-17)6-11(13)15/h5-7H,2-4,8H2,1H3,(H,16,18). The Labute approximate surface area is 134 Å².